The molecule has 1 aliphatic rings. The van der Waals surface area contributed by atoms with Crippen LogP contribution >= 0.6 is 0 Å². The van der Waals surface area contributed by atoms with Crippen LogP contribution < -0.4 is 21.3 Å². The van der Waals surface area contributed by atoms with Gasteiger partial charge >= 0.3 is 18.2 Å². The van der Waals surface area contributed by atoms with E-state index in [-0.39, 0.29) is 18.7 Å². The number of carbonyl (C=O) groups excluding carboxylic acids is 3. The molecule has 4 amide bonds. The van der Waals surface area contributed by atoms with Crippen LogP contribution in [0, 0.1) is 11.8 Å². The standard InChI is InChI=1S/C23H36N4O5/c1-2-31-22(29)26-16-19-10-6-11-20(14-19)17-27-23(30)32-13-7-12-24-21(28)25-15-18-8-4-3-5-9-18/h3-5,8-9,19-20H,2,6-7,10-17H2,1H3,(H,26,29)(H,27,30)(H2,24,25,28). The lowest BCUT2D eigenvalue weighted by molar-refractivity contribution is 0.139. The maximum Gasteiger partial charge on any atom is 0.407 e. The molecule has 1 aromatic carbocycles. The van der Waals surface area contributed by atoms with Crippen LogP contribution in [0.3, 0.4) is 0 Å². The molecule has 32 heavy (non-hydrogen) atoms. The van der Waals surface area contributed by atoms with E-state index < -0.39 is 6.09 Å². The summed E-state index contributed by atoms with van der Waals surface area (Å²) in [5.41, 5.74) is 1.03. The van der Waals surface area contributed by atoms with E-state index in [0.717, 1.165) is 31.2 Å². The fourth-order valence-electron chi connectivity index (χ4n) is 3.74. The van der Waals surface area contributed by atoms with Crippen molar-refractivity contribution in [1.29, 1.82) is 0 Å². The molecule has 0 radical (unpaired) electrons. The average Bonchev–Trinajstić information content (AvgIpc) is 2.81. The molecule has 2 atom stereocenters. The van der Waals surface area contributed by atoms with Crippen LogP contribution in [-0.4, -0.2) is 51.1 Å². The first kappa shape index (κ1) is 25.3. The molecule has 1 saturated carbocycles. The van der Waals surface area contributed by atoms with Gasteiger partial charge in [0.15, 0.2) is 0 Å². The lowest BCUT2D eigenvalue weighted by Gasteiger charge is -2.29. The number of alkyl carbamates (subject to hydrolysis) is 2. The van der Waals surface area contributed by atoms with Crippen molar-refractivity contribution in [3.63, 3.8) is 0 Å². The Morgan fingerprint density at radius 3 is 2.22 bits per heavy atom. The highest BCUT2D eigenvalue weighted by Crippen LogP contribution is 2.28. The van der Waals surface area contributed by atoms with Gasteiger partial charge in [0, 0.05) is 26.2 Å². The molecule has 4 N–H and O–H groups in total. The maximum absolute atomic E-state index is 11.9. The van der Waals surface area contributed by atoms with Crippen molar-refractivity contribution in [2.24, 2.45) is 11.8 Å². The number of nitrogens with one attached hydrogen (secondary N) is 4. The lowest BCUT2D eigenvalue weighted by atomic mass is 9.81. The van der Waals surface area contributed by atoms with Gasteiger partial charge in [-0.3, -0.25) is 0 Å². The fourth-order valence-corrected chi connectivity index (χ4v) is 3.74. The molecular formula is C23H36N4O5. The van der Waals surface area contributed by atoms with E-state index in [2.05, 4.69) is 21.3 Å². The van der Waals surface area contributed by atoms with Gasteiger partial charge < -0.3 is 30.7 Å². The highest BCUT2D eigenvalue weighted by Gasteiger charge is 2.23. The summed E-state index contributed by atoms with van der Waals surface area (Å²) in [6.45, 7) is 4.43. The van der Waals surface area contributed by atoms with Gasteiger partial charge in [-0.25, -0.2) is 14.4 Å². The van der Waals surface area contributed by atoms with Gasteiger partial charge in [-0.1, -0.05) is 36.8 Å². The first-order chi connectivity index (χ1) is 15.6. The van der Waals surface area contributed by atoms with Crippen molar-refractivity contribution in [3.05, 3.63) is 35.9 Å². The summed E-state index contributed by atoms with van der Waals surface area (Å²) in [5.74, 6) is 0.773. The second kappa shape index (κ2) is 14.9. The van der Waals surface area contributed by atoms with E-state index in [1.807, 2.05) is 30.3 Å². The first-order valence-electron chi connectivity index (χ1n) is 11.4. The Balaban J connectivity index is 1.48. The predicted octanol–water partition coefficient (Wildman–Crippen LogP) is 3.15. The molecule has 0 saturated heterocycles. The van der Waals surface area contributed by atoms with E-state index in [0.29, 0.717) is 51.0 Å². The van der Waals surface area contributed by atoms with E-state index >= 15 is 0 Å². The summed E-state index contributed by atoms with van der Waals surface area (Å²) in [6.07, 6.45) is 3.88. The fraction of sp³-hybridized carbons (Fsp3) is 0.609. The summed E-state index contributed by atoms with van der Waals surface area (Å²) in [4.78, 5) is 35.1. The average molecular weight is 449 g/mol. The quantitative estimate of drug-likeness (QED) is 0.388. The topological polar surface area (TPSA) is 118 Å². The number of carbonyl (C=O) groups is 3. The van der Waals surface area contributed by atoms with Crippen molar-refractivity contribution in [3.8, 4) is 0 Å². The van der Waals surface area contributed by atoms with E-state index in [4.69, 9.17) is 9.47 Å². The monoisotopic (exact) mass is 448 g/mol. The molecule has 9 nitrogen and oxygen atoms in total. The van der Waals surface area contributed by atoms with Crippen molar-refractivity contribution >= 4 is 18.2 Å². The Bertz CT molecular complexity index is 701. The third kappa shape index (κ3) is 10.9. The molecule has 178 valence electrons. The molecule has 1 aromatic rings. The molecule has 1 aliphatic carbocycles. The van der Waals surface area contributed by atoms with E-state index in [1.165, 1.54) is 0 Å². The van der Waals surface area contributed by atoms with Crippen LogP contribution in [0.4, 0.5) is 14.4 Å². The van der Waals surface area contributed by atoms with Crippen LogP contribution in [0.15, 0.2) is 30.3 Å². The zero-order valence-corrected chi connectivity index (χ0v) is 18.9. The second-order valence-electron chi connectivity index (χ2n) is 7.97. The van der Waals surface area contributed by atoms with Crippen molar-refractivity contribution in [2.75, 3.05) is 32.8 Å². The summed E-state index contributed by atoms with van der Waals surface area (Å²) in [7, 11) is 0. The van der Waals surface area contributed by atoms with Crippen molar-refractivity contribution in [2.45, 2.75) is 45.6 Å². The largest absolute Gasteiger partial charge is 0.450 e. The van der Waals surface area contributed by atoms with E-state index in [1.54, 1.807) is 6.92 Å². The Hall–Kier alpha value is -2.97. The SMILES string of the molecule is CCOC(=O)NCC1CCCC(CNC(=O)OCCCNC(=O)NCc2ccccc2)C1. The van der Waals surface area contributed by atoms with Gasteiger partial charge in [0.1, 0.15) is 0 Å². The van der Waals surface area contributed by atoms with Crippen LogP contribution in [0.25, 0.3) is 0 Å². The Kier molecular flexibility index (Phi) is 11.8. The Labute approximate surface area is 190 Å². The Morgan fingerprint density at radius 2 is 1.56 bits per heavy atom. The second-order valence-corrected chi connectivity index (χ2v) is 7.97. The summed E-state index contributed by atoms with van der Waals surface area (Å²) in [5, 5.41) is 11.1. The van der Waals surface area contributed by atoms with Crippen LogP contribution in [0.5, 0.6) is 0 Å². The predicted molar refractivity (Wildman–Crippen MR) is 121 cm³/mol. The highest BCUT2D eigenvalue weighted by molar-refractivity contribution is 5.73. The molecule has 0 spiro atoms. The number of hydrogen-bond donors (Lipinski definition) is 4. The van der Waals surface area contributed by atoms with Gasteiger partial charge in [0.25, 0.3) is 0 Å². The molecule has 0 bridgehead atoms. The number of urea groups is 1. The van der Waals surface area contributed by atoms with Crippen molar-refractivity contribution < 1.29 is 23.9 Å². The minimum atomic E-state index is -0.440. The maximum atomic E-state index is 11.9. The number of ether oxygens (including phenoxy) is 2. The third-order valence-electron chi connectivity index (χ3n) is 5.37. The minimum Gasteiger partial charge on any atom is -0.450 e. The number of amides is 4. The molecule has 2 rings (SSSR count). The molecule has 0 aromatic heterocycles. The van der Waals surface area contributed by atoms with Crippen LogP contribution in [0.1, 0.15) is 44.6 Å². The third-order valence-corrected chi connectivity index (χ3v) is 5.37. The molecule has 2 unspecified atom stereocenters. The molecule has 1 fully saturated rings. The first-order valence-corrected chi connectivity index (χ1v) is 11.4. The van der Waals surface area contributed by atoms with Gasteiger partial charge in [-0.05, 0) is 50.0 Å². The molecule has 0 aliphatic heterocycles. The number of hydrogen-bond acceptors (Lipinski definition) is 5. The minimum absolute atomic E-state index is 0.238. The zero-order chi connectivity index (χ0) is 23.0. The normalized spacial score (nSPS) is 17.7. The lowest BCUT2D eigenvalue weighted by Crippen LogP contribution is -2.37. The van der Waals surface area contributed by atoms with Crippen LogP contribution in [-0.2, 0) is 16.0 Å². The summed E-state index contributed by atoms with van der Waals surface area (Å²) in [6, 6.07) is 9.42. The molecular weight excluding hydrogens is 412 g/mol. The molecule has 9 heteroatoms. The van der Waals surface area contributed by atoms with Crippen LogP contribution in [0.2, 0.25) is 0 Å². The van der Waals surface area contributed by atoms with Gasteiger partial charge in [-0.2, -0.15) is 0 Å². The van der Waals surface area contributed by atoms with Gasteiger partial charge in [-0.15, -0.1) is 0 Å². The smallest absolute Gasteiger partial charge is 0.407 e. The molecule has 0 heterocycles. The zero-order valence-electron chi connectivity index (χ0n) is 18.9. The van der Waals surface area contributed by atoms with Gasteiger partial charge in [0.05, 0.1) is 13.2 Å². The highest BCUT2D eigenvalue weighted by atomic mass is 16.6. The van der Waals surface area contributed by atoms with Crippen molar-refractivity contribution in [1.82, 2.24) is 21.3 Å². The Morgan fingerprint density at radius 1 is 0.906 bits per heavy atom. The summed E-state index contributed by atoms with van der Waals surface area (Å²) >= 11 is 0. The number of benzene rings is 1. The summed E-state index contributed by atoms with van der Waals surface area (Å²) < 4.78 is 10.1. The van der Waals surface area contributed by atoms with E-state index in [9.17, 15) is 14.4 Å². The number of rotatable bonds is 11. The van der Waals surface area contributed by atoms with Gasteiger partial charge in [0.2, 0.25) is 0 Å².